The Morgan fingerprint density at radius 2 is 2.19 bits per heavy atom. The Morgan fingerprint density at radius 1 is 1.50 bits per heavy atom. The molecule has 0 aromatic carbocycles. The van der Waals surface area contributed by atoms with Crippen LogP contribution in [0.1, 0.15) is 12.5 Å². The van der Waals surface area contributed by atoms with Gasteiger partial charge in [0.15, 0.2) is 9.84 Å². The topological polar surface area (TPSA) is 85.1 Å². The molecule has 90 valence electrons. The van der Waals surface area contributed by atoms with Crippen LogP contribution < -0.4 is 11.1 Å². The molecule has 0 aliphatic rings. The maximum atomic E-state index is 11.2. The number of aromatic nitrogens is 1. The first kappa shape index (κ1) is 12.8. The Bertz CT molecular complexity index is 457. The first-order valence-electron chi connectivity index (χ1n) is 5.11. The lowest BCUT2D eigenvalue weighted by Gasteiger charge is -2.08. The first-order valence-corrected chi connectivity index (χ1v) is 6.93. The Kier molecular flexibility index (Phi) is 4.12. The first-order chi connectivity index (χ1) is 7.44. The van der Waals surface area contributed by atoms with Crippen LogP contribution in [0.3, 0.4) is 0 Å². The highest BCUT2D eigenvalue weighted by atomic mass is 32.2. The molecule has 1 aromatic rings. The van der Waals surface area contributed by atoms with Crippen molar-refractivity contribution in [2.75, 3.05) is 29.1 Å². The van der Waals surface area contributed by atoms with Crippen molar-refractivity contribution in [1.82, 2.24) is 4.98 Å². The van der Waals surface area contributed by atoms with E-state index < -0.39 is 9.84 Å². The molecule has 0 unspecified atom stereocenters. The Balaban J connectivity index is 2.56. The van der Waals surface area contributed by atoms with Gasteiger partial charge in [-0.15, -0.1) is 0 Å². The van der Waals surface area contributed by atoms with Crippen molar-refractivity contribution in [3.63, 3.8) is 0 Å². The van der Waals surface area contributed by atoms with Gasteiger partial charge in [0.05, 0.1) is 17.6 Å². The summed E-state index contributed by atoms with van der Waals surface area (Å²) >= 11 is 0. The summed E-state index contributed by atoms with van der Waals surface area (Å²) in [7, 11) is -2.93. The average Bonchev–Trinajstić information content (AvgIpc) is 2.21. The van der Waals surface area contributed by atoms with Gasteiger partial charge in [-0.05, 0) is 18.6 Å². The molecule has 0 bridgehead atoms. The number of aryl methyl sites for hydroxylation is 1. The fourth-order valence-corrected chi connectivity index (χ4v) is 1.95. The smallest absolute Gasteiger partial charge is 0.151 e. The molecule has 0 saturated carbocycles. The molecule has 0 saturated heterocycles. The zero-order chi connectivity index (χ0) is 12.2. The number of nitrogens with zero attached hydrogens (tertiary/aromatic N) is 1. The summed E-state index contributed by atoms with van der Waals surface area (Å²) in [5.74, 6) is 0.971. The second-order valence-corrected chi connectivity index (χ2v) is 6.07. The van der Waals surface area contributed by atoms with Crippen LogP contribution in [-0.2, 0) is 9.84 Å². The Hall–Kier alpha value is -1.30. The summed E-state index contributed by atoms with van der Waals surface area (Å²) in [4.78, 5) is 4.09. The monoisotopic (exact) mass is 243 g/mol. The van der Waals surface area contributed by atoms with Crippen molar-refractivity contribution in [2.24, 2.45) is 0 Å². The molecule has 0 fully saturated rings. The summed E-state index contributed by atoms with van der Waals surface area (Å²) in [6.45, 7) is 3.88. The third-order valence-corrected chi connectivity index (χ3v) is 3.95. The third-order valence-electron chi connectivity index (χ3n) is 2.24. The molecule has 0 spiro atoms. The highest BCUT2D eigenvalue weighted by Gasteiger charge is 2.07. The Morgan fingerprint density at radius 3 is 2.75 bits per heavy atom. The van der Waals surface area contributed by atoms with Crippen LogP contribution in [-0.4, -0.2) is 31.5 Å². The lowest BCUT2D eigenvalue weighted by molar-refractivity contribution is 0.597. The van der Waals surface area contributed by atoms with Gasteiger partial charge in [-0.2, -0.15) is 0 Å². The largest absolute Gasteiger partial charge is 0.397 e. The number of nitrogens with one attached hydrogen (secondary N) is 1. The van der Waals surface area contributed by atoms with E-state index in [9.17, 15) is 8.42 Å². The molecule has 1 rings (SSSR count). The highest BCUT2D eigenvalue weighted by Crippen LogP contribution is 2.13. The molecule has 0 atom stereocenters. The fraction of sp³-hybridized carbons (Fsp3) is 0.500. The van der Waals surface area contributed by atoms with E-state index >= 15 is 0 Å². The lowest BCUT2D eigenvalue weighted by Crippen LogP contribution is -2.18. The minimum Gasteiger partial charge on any atom is -0.397 e. The van der Waals surface area contributed by atoms with E-state index in [0.29, 0.717) is 18.1 Å². The Labute approximate surface area is 96.0 Å². The number of hydrogen-bond acceptors (Lipinski definition) is 5. The minimum atomic E-state index is -2.93. The SMILES string of the molecule is CCS(=O)(=O)CCNc1ncc(N)cc1C. The second-order valence-electron chi connectivity index (χ2n) is 3.60. The maximum absolute atomic E-state index is 11.2. The summed E-state index contributed by atoms with van der Waals surface area (Å²) < 4.78 is 22.5. The number of nitrogens with two attached hydrogens (primary N) is 1. The van der Waals surface area contributed by atoms with E-state index in [1.165, 1.54) is 0 Å². The van der Waals surface area contributed by atoms with Crippen molar-refractivity contribution in [1.29, 1.82) is 0 Å². The molecule has 0 radical (unpaired) electrons. The molecule has 1 aromatic heterocycles. The summed E-state index contributed by atoms with van der Waals surface area (Å²) in [5, 5.41) is 2.98. The van der Waals surface area contributed by atoms with Gasteiger partial charge in [0.2, 0.25) is 0 Å². The normalized spacial score (nSPS) is 11.4. The van der Waals surface area contributed by atoms with E-state index in [-0.39, 0.29) is 11.5 Å². The van der Waals surface area contributed by atoms with E-state index in [4.69, 9.17) is 5.73 Å². The molecular formula is C10H17N3O2S. The van der Waals surface area contributed by atoms with Crippen molar-refractivity contribution in [2.45, 2.75) is 13.8 Å². The van der Waals surface area contributed by atoms with Crippen molar-refractivity contribution in [3.05, 3.63) is 17.8 Å². The molecule has 0 amide bonds. The fourth-order valence-electron chi connectivity index (χ4n) is 1.25. The highest BCUT2D eigenvalue weighted by molar-refractivity contribution is 7.91. The standard InChI is InChI=1S/C10H17N3O2S/c1-3-16(14,15)5-4-12-10-8(2)6-9(11)7-13-10/h6-7H,3-5,11H2,1-2H3,(H,12,13). The molecule has 1 heterocycles. The van der Waals surface area contributed by atoms with E-state index in [1.807, 2.05) is 6.92 Å². The molecule has 0 aliphatic heterocycles. The molecule has 16 heavy (non-hydrogen) atoms. The molecule has 6 heteroatoms. The summed E-state index contributed by atoms with van der Waals surface area (Å²) in [6.07, 6.45) is 1.55. The zero-order valence-corrected chi connectivity index (χ0v) is 10.3. The van der Waals surface area contributed by atoms with Crippen LogP contribution in [0.15, 0.2) is 12.3 Å². The predicted octanol–water partition coefficient (Wildman–Crippen LogP) is 0.819. The summed E-state index contributed by atoms with van der Waals surface area (Å²) in [6, 6.07) is 1.80. The van der Waals surface area contributed by atoms with E-state index in [2.05, 4.69) is 10.3 Å². The number of anilines is 2. The minimum absolute atomic E-state index is 0.120. The number of sulfone groups is 1. The number of nitrogen functional groups attached to an aromatic ring is 1. The molecule has 3 N–H and O–H groups in total. The van der Waals surface area contributed by atoms with Crippen LogP contribution >= 0.6 is 0 Å². The summed E-state index contributed by atoms with van der Waals surface area (Å²) in [5.41, 5.74) is 7.07. The van der Waals surface area contributed by atoms with Gasteiger partial charge in [-0.3, -0.25) is 0 Å². The van der Waals surface area contributed by atoms with Crippen LogP contribution in [0.2, 0.25) is 0 Å². The van der Waals surface area contributed by atoms with Gasteiger partial charge in [0.25, 0.3) is 0 Å². The van der Waals surface area contributed by atoms with E-state index in [1.54, 1.807) is 19.2 Å². The number of pyridine rings is 1. The zero-order valence-electron chi connectivity index (χ0n) is 9.53. The van der Waals surface area contributed by atoms with Crippen LogP contribution in [0.4, 0.5) is 11.5 Å². The molecule has 0 aliphatic carbocycles. The van der Waals surface area contributed by atoms with Crippen molar-refractivity contribution >= 4 is 21.3 Å². The van der Waals surface area contributed by atoms with Crippen molar-refractivity contribution < 1.29 is 8.42 Å². The number of hydrogen-bond donors (Lipinski definition) is 2. The van der Waals surface area contributed by atoms with Gasteiger partial charge in [0.1, 0.15) is 5.82 Å². The van der Waals surface area contributed by atoms with Gasteiger partial charge in [-0.1, -0.05) is 6.92 Å². The van der Waals surface area contributed by atoms with Gasteiger partial charge < -0.3 is 11.1 Å². The van der Waals surface area contributed by atoms with Crippen molar-refractivity contribution in [3.8, 4) is 0 Å². The van der Waals surface area contributed by atoms with Crippen LogP contribution in [0.25, 0.3) is 0 Å². The molecule has 5 nitrogen and oxygen atoms in total. The maximum Gasteiger partial charge on any atom is 0.151 e. The van der Waals surface area contributed by atoms with Gasteiger partial charge in [0, 0.05) is 12.3 Å². The lowest BCUT2D eigenvalue weighted by atomic mass is 10.2. The second kappa shape index (κ2) is 5.16. The van der Waals surface area contributed by atoms with Crippen LogP contribution in [0.5, 0.6) is 0 Å². The van der Waals surface area contributed by atoms with Gasteiger partial charge >= 0.3 is 0 Å². The number of rotatable bonds is 5. The molecular weight excluding hydrogens is 226 g/mol. The quantitative estimate of drug-likeness (QED) is 0.799. The van der Waals surface area contributed by atoms with Gasteiger partial charge in [-0.25, -0.2) is 13.4 Å². The van der Waals surface area contributed by atoms with E-state index in [0.717, 1.165) is 5.56 Å². The average molecular weight is 243 g/mol. The van der Waals surface area contributed by atoms with Crippen LogP contribution in [0, 0.1) is 6.92 Å². The third kappa shape index (κ3) is 3.69. The predicted molar refractivity (Wildman–Crippen MR) is 66.2 cm³/mol.